The quantitative estimate of drug-likeness (QED) is 0.844. The first-order valence-electron chi connectivity index (χ1n) is 7.12. The van der Waals surface area contributed by atoms with Crippen LogP contribution in [-0.2, 0) is 20.6 Å². The zero-order valence-corrected chi connectivity index (χ0v) is 13.6. The van der Waals surface area contributed by atoms with Crippen molar-refractivity contribution < 1.29 is 13.2 Å². The molecule has 1 saturated heterocycles. The zero-order chi connectivity index (χ0) is 15.6. The molecule has 6 heteroatoms. The summed E-state index contributed by atoms with van der Waals surface area (Å²) >= 11 is 0. The van der Waals surface area contributed by atoms with Crippen molar-refractivity contribution in [2.45, 2.75) is 32.6 Å². The van der Waals surface area contributed by atoms with E-state index in [0.717, 1.165) is 11.1 Å². The van der Waals surface area contributed by atoms with Crippen LogP contribution >= 0.6 is 0 Å². The van der Waals surface area contributed by atoms with Gasteiger partial charge in [-0.3, -0.25) is 4.79 Å². The lowest BCUT2D eigenvalue weighted by Gasteiger charge is -2.36. The number of sulfonamides is 1. The molecule has 5 nitrogen and oxygen atoms in total. The van der Waals surface area contributed by atoms with E-state index >= 15 is 0 Å². The van der Waals surface area contributed by atoms with Crippen molar-refractivity contribution in [3.8, 4) is 0 Å². The predicted octanol–water partition coefficient (Wildman–Crippen LogP) is 1.38. The molecule has 1 aromatic rings. The van der Waals surface area contributed by atoms with Crippen molar-refractivity contribution in [2.75, 3.05) is 19.6 Å². The SMILES string of the molecule is Cc1cccc(CS(=O)(=O)N2CCN(C(C)C)C(=O)C2)c1. The summed E-state index contributed by atoms with van der Waals surface area (Å²) in [4.78, 5) is 13.7. The van der Waals surface area contributed by atoms with Crippen molar-refractivity contribution in [3.63, 3.8) is 0 Å². The number of carbonyl (C=O) groups is 1. The maximum atomic E-state index is 12.4. The van der Waals surface area contributed by atoms with Crippen LogP contribution in [0.15, 0.2) is 24.3 Å². The first kappa shape index (κ1) is 16.0. The standard InChI is InChI=1S/C15H22N2O3S/c1-12(2)17-8-7-16(10-15(17)18)21(19,20)11-14-6-4-5-13(3)9-14/h4-6,9,12H,7-8,10-11H2,1-3H3. The van der Waals surface area contributed by atoms with Crippen LogP contribution in [0.3, 0.4) is 0 Å². The van der Waals surface area contributed by atoms with E-state index in [9.17, 15) is 13.2 Å². The Morgan fingerprint density at radius 2 is 1.95 bits per heavy atom. The van der Waals surface area contributed by atoms with Crippen LogP contribution in [0.2, 0.25) is 0 Å². The van der Waals surface area contributed by atoms with Crippen LogP contribution in [-0.4, -0.2) is 49.2 Å². The Bertz CT molecular complexity index is 626. The molecule has 0 spiro atoms. The second-order valence-corrected chi connectivity index (χ2v) is 7.73. The molecule has 1 aromatic carbocycles. The van der Waals surface area contributed by atoms with E-state index in [4.69, 9.17) is 0 Å². The molecular weight excluding hydrogens is 288 g/mol. The average molecular weight is 310 g/mol. The summed E-state index contributed by atoms with van der Waals surface area (Å²) in [5.74, 6) is -0.173. The number of amides is 1. The van der Waals surface area contributed by atoms with E-state index in [2.05, 4.69) is 0 Å². The highest BCUT2D eigenvalue weighted by atomic mass is 32.2. The van der Waals surface area contributed by atoms with Gasteiger partial charge in [-0.05, 0) is 26.3 Å². The molecular formula is C15H22N2O3S. The van der Waals surface area contributed by atoms with Crippen LogP contribution < -0.4 is 0 Å². The summed E-state index contributed by atoms with van der Waals surface area (Å²) in [5, 5.41) is 0. The van der Waals surface area contributed by atoms with Crippen molar-refractivity contribution >= 4 is 15.9 Å². The number of piperazine rings is 1. The van der Waals surface area contributed by atoms with Crippen molar-refractivity contribution in [1.82, 2.24) is 9.21 Å². The fourth-order valence-electron chi connectivity index (χ4n) is 2.55. The number of aryl methyl sites for hydroxylation is 1. The molecule has 1 aliphatic heterocycles. The molecule has 0 saturated carbocycles. The Labute approximate surface area is 126 Å². The van der Waals surface area contributed by atoms with Gasteiger partial charge in [0.05, 0.1) is 12.3 Å². The van der Waals surface area contributed by atoms with E-state index in [-0.39, 0.29) is 24.2 Å². The Balaban J connectivity index is 2.09. The zero-order valence-electron chi connectivity index (χ0n) is 12.7. The van der Waals surface area contributed by atoms with Gasteiger partial charge in [-0.25, -0.2) is 8.42 Å². The minimum atomic E-state index is -3.45. The molecule has 0 atom stereocenters. The smallest absolute Gasteiger partial charge is 0.238 e. The first-order valence-corrected chi connectivity index (χ1v) is 8.73. The number of nitrogens with zero attached hydrogens (tertiary/aromatic N) is 2. The van der Waals surface area contributed by atoms with Gasteiger partial charge < -0.3 is 4.90 Å². The van der Waals surface area contributed by atoms with Crippen LogP contribution in [0.25, 0.3) is 0 Å². The number of carbonyl (C=O) groups excluding carboxylic acids is 1. The normalized spacial score (nSPS) is 17.5. The molecule has 0 N–H and O–H groups in total. The van der Waals surface area contributed by atoms with Gasteiger partial charge in [0.25, 0.3) is 0 Å². The minimum absolute atomic E-state index is 0.0493. The Morgan fingerprint density at radius 1 is 1.24 bits per heavy atom. The molecule has 1 heterocycles. The lowest BCUT2D eigenvalue weighted by molar-refractivity contribution is -0.135. The molecule has 1 fully saturated rings. The summed E-state index contributed by atoms with van der Waals surface area (Å²) in [7, 11) is -3.45. The number of benzene rings is 1. The maximum absolute atomic E-state index is 12.4. The van der Waals surface area contributed by atoms with Crippen LogP contribution in [0, 0.1) is 6.92 Å². The van der Waals surface area contributed by atoms with Gasteiger partial charge in [-0.15, -0.1) is 0 Å². The molecule has 2 rings (SSSR count). The Morgan fingerprint density at radius 3 is 2.52 bits per heavy atom. The Kier molecular flexibility index (Phi) is 4.68. The summed E-state index contributed by atoms with van der Waals surface area (Å²) in [6, 6.07) is 7.56. The van der Waals surface area contributed by atoms with Gasteiger partial charge in [0.15, 0.2) is 0 Å². The predicted molar refractivity (Wildman–Crippen MR) is 82.2 cm³/mol. The van der Waals surface area contributed by atoms with Gasteiger partial charge in [0.2, 0.25) is 15.9 Å². The largest absolute Gasteiger partial charge is 0.338 e. The Hall–Kier alpha value is -1.40. The van der Waals surface area contributed by atoms with Gasteiger partial charge in [0, 0.05) is 19.1 Å². The fraction of sp³-hybridized carbons (Fsp3) is 0.533. The molecule has 0 bridgehead atoms. The summed E-state index contributed by atoms with van der Waals surface area (Å²) in [6.45, 7) is 6.60. The lowest BCUT2D eigenvalue weighted by atomic mass is 10.2. The minimum Gasteiger partial charge on any atom is -0.338 e. The van der Waals surface area contributed by atoms with E-state index < -0.39 is 10.0 Å². The van der Waals surface area contributed by atoms with Crippen molar-refractivity contribution in [3.05, 3.63) is 35.4 Å². The third kappa shape index (κ3) is 3.83. The average Bonchev–Trinajstić information content (AvgIpc) is 2.37. The van der Waals surface area contributed by atoms with Gasteiger partial charge in [0.1, 0.15) is 0 Å². The van der Waals surface area contributed by atoms with Crippen LogP contribution in [0.1, 0.15) is 25.0 Å². The number of rotatable bonds is 4. The second-order valence-electron chi connectivity index (χ2n) is 5.76. The summed E-state index contributed by atoms with van der Waals surface area (Å²) in [6.07, 6.45) is 0. The van der Waals surface area contributed by atoms with E-state index in [1.54, 1.807) is 11.0 Å². The highest BCUT2D eigenvalue weighted by molar-refractivity contribution is 7.88. The van der Waals surface area contributed by atoms with E-state index in [0.29, 0.717) is 13.1 Å². The van der Waals surface area contributed by atoms with Gasteiger partial charge in [-0.2, -0.15) is 4.31 Å². The first-order chi connectivity index (χ1) is 9.79. The lowest BCUT2D eigenvalue weighted by Crippen LogP contribution is -2.54. The fourth-order valence-corrected chi connectivity index (χ4v) is 4.00. The molecule has 0 radical (unpaired) electrons. The topological polar surface area (TPSA) is 57.7 Å². The molecule has 21 heavy (non-hydrogen) atoms. The highest BCUT2D eigenvalue weighted by Crippen LogP contribution is 2.16. The summed E-state index contributed by atoms with van der Waals surface area (Å²) < 4.78 is 26.2. The van der Waals surface area contributed by atoms with Gasteiger partial charge in [-0.1, -0.05) is 29.8 Å². The van der Waals surface area contributed by atoms with Crippen LogP contribution in [0.4, 0.5) is 0 Å². The van der Waals surface area contributed by atoms with E-state index in [1.165, 1.54) is 4.31 Å². The molecule has 1 aliphatic rings. The monoisotopic (exact) mass is 310 g/mol. The van der Waals surface area contributed by atoms with E-state index in [1.807, 2.05) is 39.0 Å². The molecule has 0 aliphatic carbocycles. The highest BCUT2D eigenvalue weighted by Gasteiger charge is 2.32. The van der Waals surface area contributed by atoms with Crippen molar-refractivity contribution in [2.24, 2.45) is 0 Å². The van der Waals surface area contributed by atoms with Crippen LogP contribution in [0.5, 0.6) is 0 Å². The number of hydrogen-bond donors (Lipinski definition) is 0. The number of hydrogen-bond acceptors (Lipinski definition) is 3. The molecule has 0 aromatic heterocycles. The maximum Gasteiger partial charge on any atom is 0.238 e. The molecule has 0 unspecified atom stereocenters. The van der Waals surface area contributed by atoms with Gasteiger partial charge >= 0.3 is 0 Å². The second kappa shape index (κ2) is 6.15. The van der Waals surface area contributed by atoms with Crippen molar-refractivity contribution in [1.29, 1.82) is 0 Å². The summed E-state index contributed by atoms with van der Waals surface area (Å²) in [5.41, 5.74) is 1.79. The third-order valence-corrected chi connectivity index (χ3v) is 5.47. The third-order valence-electron chi connectivity index (χ3n) is 3.67. The molecule has 116 valence electrons. The molecule has 1 amide bonds.